The van der Waals surface area contributed by atoms with Crippen LogP contribution in [0.4, 0.5) is 5.69 Å². The van der Waals surface area contributed by atoms with Gasteiger partial charge in [-0.25, -0.2) is 9.59 Å². The molecule has 30 atom stereocenters. The first-order chi connectivity index (χ1) is 66.5. The van der Waals surface area contributed by atoms with Crippen LogP contribution in [0.25, 0.3) is 0 Å². The highest BCUT2D eigenvalue weighted by Crippen LogP contribution is 2.71. The Labute approximate surface area is 813 Å². The number of non-ortho nitro benzene ring substituents is 1. The maximum Gasteiger partial charge on any atom is 0.338 e. The van der Waals surface area contributed by atoms with E-state index in [2.05, 4.69) is 5.32 Å². The van der Waals surface area contributed by atoms with Crippen LogP contribution in [0.1, 0.15) is 243 Å². The largest absolute Gasteiger partial charge is 0.472 e. The molecular weight excluding hydrogens is 1840 g/mol. The third-order valence-corrected chi connectivity index (χ3v) is 34.3. The summed E-state index contributed by atoms with van der Waals surface area (Å²) in [6, 6.07) is 10.2. The lowest BCUT2D eigenvalue weighted by atomic mass is 9.43. The molecule has 12 fully saturated rings. The molecule has 8 saturated carbocycles. The van der Waals surface area contributed by atoms with Gasteiger partial charge in [0.15, 0.2) is 47.5 Å². The summed E-state index contributed by atoms with van der Waals surface area (Å²) in [5, 5.41) is 13.4. The van der Waals surface area contributed by atoms with Gasteiger partial charge in [-0.3, -0.25) is 86.9 Å². The summed E-state index contributed by atoms with van der Waals surface area (Å²) in [6.45, 7) is 20.9. The number of nitrogens with zero attached hydrogens (tertiary/aromatic N) is 2. The molecule has 38 nitrogen and oxygen atoms in total. The van der Waals surface area contributed by atoms with Gasteiger partial charge in [-0.15, -0.1) is 0 Å². The first kappa shape index (κ1) is 104. The number of nitro groups is 1. The molecule has 1 aromatic carbocycles. The number of benzene rings is 1. The second-order valence-electron chi connectivity index (χ2n) is 42.5. The van der Waals surface area contributed by atoms with Crippen molar-refractivity contribution in [3.63, 3.8) is 0 Å². The minimum absolute atomic E-state index is 0.0204. The fourth-order valence-electron chi connectivity index (χ4n) is 27.2. The maximum atomic E-state index is 14.2. The number of nitrogens with one attached hydrogen (secondary N) is 1. The molecule has 8 heterocycles. The smallest absolute Gasteiger partial charge is 0.338 e. The van der Waals surface area contributed by atoms with Crippen molar-refractivity contribution in [1.82, 2.24) is 10.2 Å². The highest BCUT2D eigenvalue weighted by molar-refractivity contribution is 5.99. The molecule has 0 bridgehead atoms. The number of carbonyl (C=O) groups excluding carboxylic acids is 17. The topological polar surface area (TPSA) is 512 Å². The van der Waals surface area contributed by atoms with E-state index in [1.807, 2.05) is 55.4 Å². The summed E-state index contributed by atoms with van der Waals surface area (Å²) in [4.78, 5) is 234. The summed E-state index contributed by atoms with van der Waals surface area (Å²) in [6.07, 6.45) is 10.5. The van der Waals surface area contributed by atoms with Crippen LogP contribution in [-0.2, 0) is 134 Å². The Balaban J connectivity index is 0.000000150. The number of ether oxygens (including phenoxy) is 12. The highest BCUT2D eigenvalue weighted by Gasteiger charge is 2.74. The van der Waals surface area contributed by atoms with Crippen molar-refractivity contribution >= 4 is 106 Å². The first-order valence-electron chi connectivity index (χ1n) is 47.8. The summed E-state index contributed by atoms with van der Waals surface area (Å²) >= 11 is 0. The third-order valence-electron chi connectivity index (χ3n) is 34.3. The van der Waals surface area contributed by atoms with Gasteiger partial charge >= 0.3 is 71.6 Å². The van der Waals surface area contributed by atoms with Crippen molar-refractivity contribution in [2.45, 2.75) is 247 Å². The minimum Gasteiger partial charge on any atom is -0.472 e. The Kier molecular flexibility index (Phi) is 29.7. The van der Waals surface area contributed by atoms with Gasteiger partial charge in [-0.05, 0) is 185 Å². The highest BCUT2D eigenvalue weighted by atomic mass is 16.6. The second kappa shape index (κ2) is 40.1. The number of ketones is 4. The van der Waals surface area contributed by atoms with Crippen molar-refractivity contribution in [2.24, 2.45) is 114 Å². The summed E-state index contributed by atoms with van der Waals surface area (Å²) < 4.78 is 86.5. The van der Waals surface area contributed by atoms with Crippen LogP contribution >= 0.6 is 0 Å². The monoisotopic (exact) mass is 1960 g/mol. The predicted octanol–water partition coefficient (Wildman–Crippen LogP) is 12.6. The number of methoxy groups -OCH3 is 4. The molecule has 5 aromatic rings. The second-order valence-corrected chi connectivity index (χ2v) is 42.5. The van der Waals surface area contributed by atoms with Crippen LogP contribution in [0.3, 0.4) is 0 Å². The molecular formula is C103H125N3O35. The van der Waals surface area contributed by atoms with Crippen molar-refractivity contribution in [3.8, 4) is 0 Å². The fraction of sp³-hybridized carbons (Fsp3) is 0.621. The summed E-state index contributed by atoms with van der Waals surface area (Å²) in [5.41, 5.74) is -3.79. The van der Waals surface area contributed by atoms with E-state index in [0.717, 1.165) is 11.1 Å². The average molecular weight is 1970 g/mol. The van der Waals surface area contributed by atoms with Gasteiger partial charge in [-0.1, -0.05) is 55.4 Å². The van der Waals surface area contributed by atoms with Gasteiger partial charge in [0.2, 0.25) is 5.91 Å². The number of Topliss-reactive ketones (excluding diaryl/α,β-unsaturated/α-hetero) is 4. The van der Waals surface area contributed by atoms with Crippen molar-refractivity contribution in [2.75, 3.05) is 42.5 Å². The summed E-state index contributed by atoms with van der Waals surface area (Å²) in [5.74, 6) is -15.4. The number of fused-ring (bicyclic) bond motifs is 12. The lowest BCUT2D eigenvalue weighted by Gasteiger charge is -2.61. The average Bonchev–Trinajstić information content (AvgIpc) is 1.41. The Bertz CT molecular complexity index is 5650. The van der Waals surface area contributed by atoms with E-state index in [1.54, 1.807) is 50.2 Å². The zero-order valence-electron chi connectivity index (χ0n) is 82.4. The first-order valence-corrected chi connectivity index (χ1v) is 47.8. The Morgan fingerprint density at radius 3 is 0.908 bits per heavy atom. The van der Waals surface area contributed by atoms with Crippen LogP contribution in [0, 0.1) is 124 Å². The maximum absolute atomic E-state index is 14.2. The number of hydrogen-bond acceptors (Lipinski definition) is 36. The van der Waals surface area contributed by atoms with Crippen LogP contribution in [0.2, 0.25) is 0 Å². The number of nitro benzene ring substituents is 1. The zero-order valence-corrected chi connectivity index (χ0v) is 82.4. The van der Waals surface area contributed by atoms with Crippen LogP contribution in [-0.4, -0.2) is 190 Å². The lowest BCUT2D eigenvalue weighted by Crippen LogP contribution is -2.65. The molecule has 38 heteroatoms. The summed E-state index contributed by atoms with van der Waals surface area (Å²) in [7, 11) is 8.70. The molecule has 8 aliphatic carbocycles. The molecule has 0 radical (unpaired) electrons. The van der Waals surface area contributed by atoms with Gasteiger partial charge in [0.25, 0.3) is 5.69 Å². The molecule has 17 rings (SSSR count). The van der Waals surface area contributed by atoms with Crippen molar-refractivity contribution in [1.29, 1.82) is 0 Å². The van der Waals surface area contributed by atoms with E-state index in [4.69, 9.17) is 74.5 Å². The van der Waals surface area contributed by atoms with E-state index >= 15 is 0 Å². The standard InChI is InChI=1S/C28H29NO10.C26H33NO9.C26H35NO8.C23H28O8/c1-27-10-8-18-26(33)39-21(16-9-11-37-14-16)13-28(18,2)23(27)22(30)20(12-19(27)25(32)36-3)38-24(31)15-4-6-17(7-5-15)29(34)35;1-13(27-14(2)28)22(30)35-18-10-17(23(31)33-5)25(3)8-6-16-24(32)36-19(15-7-9-34-12-15)11-26(16,4)21(25)20(18)29;1-14(27(4)5)22(29)34-18-11-17(23(30)32-6)25(2)9-7-16-24(31)35-19(15-8-10-33-13-15)12-26(16,3)21(25)20(18)28;1-12(24)30-16-9-15(20(26)28-4)22(2)7-5-14-21(27)31-17(13-6-8-29-11-13)10-23(14,3)19(22)18(16)25/h4-7,9,11,14,18-21,23H,8,10,12-13H2,1-3H3;7,9,12-13,16-19,21H,6,8,10-11H2,1-5H3,(H,27,28);8,10,13-14,16-19,21H,7,9,11-12H2,1-6H3;6,8,11,14-17,19H,5,7,9-10H2,1-4H3/t18-,19-,20+,21-,23?,27-,28-;13-,16-,17-,18-,19-,21?,25-,26-;14-,16-,17-,18-,19-,21?,25-,26-;14-,15-,16+,17-,19?,22-,23-/m0000/s1. The number of likely N-dealkylation sites (N-methyl/N-ethyl adjacent to an activating group) is 1. The van der Waals surface area contributed by atoms with Gasteiger partial charge in [0.1, 0.15) is 36.5 Å². The zero-order chi connectivity index (χ0) is 103. The molecule has 762 valence electrons. The van der Waals surface area contributed by atoms with Gasteiger partial charge in [0, 0.05) is 97.6 Å². The number of carbonyl (C=O) groups is 17. The Hall–Kier alpha value is -12.5. The number of esters is 12. The van der Waals surface area contributed by atoms with Crippen LogP contribution in [0.15, 0.2) is 116 Å². The van der Waals surface area contributed by atoms with Crippen LogP contribution in [0.5, 0.6) is 0 Å². The van der Waals surface area contributed by atoms with E-state index < -0.39 is 246 Å². The molecule has 4 aromatic heterocycles. The van der Waals surface area contributed by atoms with E-state index in [0.29, 0.717) is 88.2 Å². The quantitative estimate of drug-likeness (QED) is 0.0368. The molecule has 4 aliphatic heterocycles. The van der Waals surface area contributed by atoms with E-state index in [-0.39, 0.29) is 72.0 Å². The number of rotatable bonds is 18. The Morgan fingerprint density at radius 1 is 0.397 bits per heavy atom. The van der Waals surface area contributed by atoms with E-state index in [9.17, 15) is 91.6 Å². The lowest BCUT2D eigenvalue weighted by molar-refractivity contribution is -0.384. The fourth-order valence-corrected chi connectivity index (χ4v) is 27.2. The molecule has 4 saturated heterocycles. The molecule has 12 aliphatic rings. The normalized spacial score (nSPS) is 36.7. The van der Waals surface area contributed by atoms with Crippen molar-refractivity contribution < 1.29 is 161 Å². The molecule has 0 spiro atoms. The number of cyclic esters (lactones) is 4. The van der Waals surface area contributed by atoms with Crippen LogP contribution < -0.4 is 5.32 Å². The molecule has 1 amide bonds. The number of amides is 1. The minimum atomic E-state index is -1.27. The number of hydrogen-bond donors (Lipinski definition) is 1. The van der Waals surface area contributed by atoms with E-state index in [1.165, 1.54) is 124 Å². The van der Waals surface area contributed by atoms with Crippen molar-refractivity contribution in [3.05, 3.63) is 137 Å². The molecule has 141 heavy (non-hydrogen) atoms. The third kappa shape index (κ3) is 19.0. The van der Waals surface area contributed by atoms with Gasteiger partial charge < -0.3 is 79.8 Å². The Morgan fingerprint density at radius 2 is 0.667 bits per heavy atom. The predicted molar refractivity (Wildman–Crippen MR) is 483 cm³/mol. The van der Waals surface area contributed by atoms with Gasteiger partial charge in [0.05, 0.1) is 136 Å². The molecule has 4 unspecified atom stereocenters. The van der Waals surface area contributed by atoms with Gasteiger partial charge in [-0.2, -0.15) is 0 Å². The SMILES string of the molecule is COC(=O)[C@@H]1C[C@@H](OC(=O)c2ccc([N+](=O)[O-])cc2)C(=O)C2[C@@]1(C)CC[C@H]1C(=O)O[C@H](c3ccoc3)C[C@]21C.COC(=O)[C@@H]1C[C@@H](OC(C)=O)C(=O)C2[C@@]1(C)CC[C@H]1C(=O)O[C@H](c3ccoc3)C[C@]21C.COC(=O)[C@@H]1C[C@H](OC(=O)[C@H](C)N(C)C)C(=O)C2[C@@]1(C)CC[C@H]1C(=O)O[C@H](c3ccoc3)C[C@]21C.COC(=O)[C@@H]1C[C@H](OC(=O)[C@H](C)NC(C)=O)C(=O)C2[C@@]1(C)CC[C@H]1C(=O)O[C@H](c3ccoc3)C[C@]21C. The molecule has 1 N–H and O–H groups in total. The number of furan rings is 4.